The van der Waals surface area contributed by atoms with Crippen molar-refractivity contribution in [2.75, 3.05) is 0 Å². The molecule has 1 aromatic carbocycles. The highest BCUT2D eigenvalue weighted by Gasteiger charge is 2.09. The van der Waals surface area contributed by atoms with Crippen LogP contribution in [0.1, 0.15) is 12.7 Å². The van der Waals surface area contributed by atoms with E-state index >= 15 is 0 Å². The monoisotopic (exact) mass is 237 g/mol. The van der Waals surface area contributed by atoms with Gasteiger partial charge in [-0.25, -0.2) is 0 Å². The molecule has 0 aliphatic rings. The van der Waals surface area contributed by atoms with Crippen molar-refractivity contribution >= 4 is 11.6 Å². The number of nitrogens with zero attached hydrogens (tertiary/aromatic N) is 4. The third kappa shape index (κ3) is 2.37. The van der Waals surface area contributed by atoms with Crippen LogP contribution < -0.4 is 5.73 Å². The number of hydrogen-bond acceptors (Lipinski definition) is 4. The van der Waals surface area contributed by atoms with Crippen LogP contribution in [-0.4, -0.2) is 26.2 Å². The second-order valence-electron chi connectivity index (χ2n) is 3.66. The lowest BCUT2D eigenvalue weighted by molar-refractivity contribution is 0.674. The van der Waals surface area contributed by atoms with Crippen LogP contribution in [0.25, 0.3) is 5.69 Å². The van der Waals surface area contributed by atoms with Crippen molar-refractivity contribution < 1.29 is 0 Å². The van der Waals surface area contributed by atoms with Gasteiger partial charge in [0.2, 0.25) is 0 Å². The molecule has 0 radical (unpaired) electrons. The van der Waals surface area contributed by atoms with Crippen molar-refractivity contribution in [1.29, 1.82) is 0 Å². The molecule has 0 saturated carbocycles. The van der Waals surface area contributed by atoms with E-state index in [2.05, 4.69) is 15.5 Å². The summed E-state index contributed by atoms with van der Waals surface area (Å²) in [6.07, 6.45) is 0.635. The van der Waals surface area contributed by atoms with Gasteiger partial charge in [-0.1, -0.05) is 11.6 Å². The van der Waals surface area contributed by atoms with E-state index in [0.717, 1.165) is 11.5 Å². The summed E-state index contributed by atoms with van der Waals surface area (Å²) >= 11 is 5.82. The van der Waals surface area contributed by atoms with Crippen LogP contribution >= 0.6 is 11.6 Å². The van der Waals surface area contributed by atoms with E-state index in [1.54, 1.807) is 16.8 Å². The van der Waals surface area contributed by atoms with Gasteiger partial charge < -0.3 is 5.73 Å². The molecule has 0 saturated heterocycles. The lowest BCUT2D eigenvalue weighted by Crippen LogP contribution is -2.20. The molecule has 1 unspecified atom stereocenters. The Bertz CT molecular complexity index is 462. The predicted molar refractivity (Wildman–Crippen MR) is 61.5 cm³/mol. The summed E-state index contributed by atoms with van der Waals surface area (Å²) in [6, 6.07) is 7.35. The molecule has 0 amide bonds. The van der Waals surface area contributed by atoms with E-state index in [4.69, 9.17) is 17.3 Å². The van der Waals surface area contributed by atoms with Crippen LogP contribution in [0.5, 0.6) is 0 Å². The molecule has 1 heterocycles. The minimum absolute atomic E-state index is 0.0250. The smallest absolute Gasteiger partial charge is 0.158 e. The highest BCUT2D eigenvalue weighted by atomic mass is 35.5. The fraction of sp³-hybridized carbons (Fsp3) is 0.300. The average Bonchev–Trinajstić information content (AvgIpc) is 2.66. The molecule has 5 nitrogen and oxygen atoms in total. The quantitative estimate of drug-likeness (QED) is 0.871. The molecule has 0 aliphatic carbocycles. The summed E-state index contributed by atoms with van der Waals surface area (Å²) in [4.78, 5) is 0. The molecule has 2 N–H and O–H groups in total. The Morgan fingerprint density at radius 2 is 2.06 bits per heavy atom. The van der Waals surface area contributed by atoms with Crippen LogP contribution in [0.15, 0.2) is 24.3 Å². The summed E-state index contributed by atoms with van der Waals surface area (Å²) < 4.78 is 1.67. The molecule has 0 spiro atoms. The van der Waals surface area contributed by atoms with Crippen molar-refractivity contribution in [3.8, 4) is 5.69 Å². The minimum Gasteiger partial charge on any atom is -0.328 e. The molecule has 0 aliphatic heterocycles. The third-order valence-corrected chi connectivity index (χ3v) is 2.36. The van der Waals surface area contributed by atoms with Gasteiger partial charge in [-0.15, -0.1) is 5.10 Å². The molecule has 0 fully saturated rings. The van der Waals surface area contributed by atoms with E-state index in [0.29, 0.717) is 11.4 Å². The van der Waals surface area contributed by atoms with Gasteiger partial charge in [-0.05, 0) is 41.6 Å². The Morgan fingerprint density at radius 1 is 1.38 bits per heavy atom. The maximum Gasteiger partial charge on any atom is 0.158 e. The zero-order valence-corrected chi connectivity index (χ0v) is 9.59. The van der Waals surface area contributed by atoms with Crippen molar-refractivity contribution in [2.45, 2.75) is 19.4 Å². The third-order valence-electron chi connectivity index (χ3n) is 2.11. The Hall–Kier alpha value is -1.46. The highest BCUT2D eigenvalue weighted by Crippen LogP contribution is 2.13. The van der Waals surface area contributed by atoms with Crippen LogP contribution in [0.2, 0.25) is 5.02 Å². The summed E-state index contributed by atoms with van der Waals surface area (Å²) in [5.74, 6) is 0.748. The second kappa shape index (κ2) is 4.59. The van der Waals surface area contributed by atoms with E-state index < -0.39 is 0 Å². The van der Waals surface area contributed by atoms with Gasteiger partial charge in [0.25, 0.3) is 0 Å². The normalized spacial score (nSPS) is 12.7. The van der Waals surface area contributed by atoms with Gasteiger partial charge in [0, 0.05) is 17.5 Å². The number of nitrogens with two attached hydrogens (primary N) is 1. The summed E-state index contributed by atoms with van der Waals surface area (Å²) in [5.41, 5.74) is 6.60. The zero-order chi connectivity index (χ0) is 11.5. The molecule has 1 atom stereocenters. The highest BCUT2D eigenvalue weighted by molar-refractivity contribution is 6.30. The molecule has 2 aromatic rings. The maximum atomic E-state index is 5.82. The largest absolute Gasteiger partial charge is 0.328 e. The predicted octanol–water partition coefficient (Wildman–Crippen LogP) is 1.21. The van der Waals surface area contributed by atoms with Crippen LogP contribution in [0.4, 0.5) is 0 Å². The van der Waals surface area contributed by atoms with Crippen molar-refractivity contribution in [1.82, 2.24) is 20.2 Å². The zero-order valence-electron chi connectivity index (χ0n) is 8.84. The fourth-order valence-corrected chi connectivity index (χ4v) is 1.53. The molecule has 84 valence electrons. The summed E-state index contributed by atoms with van der Waals surface area (Å²) in [5, 5.41) is 12.2. The first-order valence-electron chi connectivity index (χ1n) is 4.95. The second-order valence-corrected chi connectivity index (χ2v) is 4.10. The van der Waals surface area contributed by atoms with Gasteiger partial charge >= 0.3 is 0 Å². The SMILES string of the molecule is CC(N)Cc1nnnn1-c1ccc(Cl)cc1. The van der Waals surface area contributed by atoms with Gasteiger partial charge in [0.15, 0.2) is 5.82 Å². The van der Waals surface area contributed by atoms with Crippen molar-refractivity contribution in [2.24, 2.45) is 5.73 Å². The van der Waals surface area contributed by atoms with Crippen LogP contribution in [-0.2, 0) is 6.42 Å². The summed E-state index contributed by atoms with van der Waals surface area (Å²) in [6.45, 7) is 1.92. The number of aromatic nitrogens is 4. The molecule has 0 bridgehead atoms. The van der Waals surface area contributed by atoms with Crippen LogP contribution in [0.3, 0.4) is 0 Å². The van der Waals surface area contributed by atoms with Gasteiger partial charge in [0.05, 0.1) is 5.69 Å². The summed E-state index contributed by atoms with van der Waals surface area (Å²) in [7, 11) is 0. The average molecular weight is 238 g/mol. The molecular formula is C10H12ClN5. The van der Waals surface area contributed by atoms with E-state index in [-0.39, 0.29) is 6.04 Å². The van der Waals surface area contributed by atoms with Crippen LogP contribution in [0, 0.1) is 0 Å². The van der Waals surface area contributed by atoms with E-state index in [9.17, 15) is 0 Å². The number of hydrogen-bond donors (Lipinski definition) is 1. The molecule has 2 rings (SSSR count). The lowest BCUT2D eigenvalue weighted by Gasteiger charge is -2.06. The first-order chi connectivity index (χ1) is 7.66. The number of rotatable bonds is 3. The molecule has 16 heavy (non-hydrogen) atoms. The number of halogens is 1. The minimum atomic E-state index is 0.0250. The number of benzene rings is 1. The Balaban J connectivity index is 2.33. The van der Waals surface area contributed by atoms with E-state index in [1.807, 2.05) is 19.1 Å². The Morgan fingerprint density at radius 3 is 2.69 bits per heavy atom. The Kier molecular flexibility index (Phi) is 3.17. The first-order valence-corrected chi connectivity index (χ1v) is 5.33. The van der Waals surface area contributed by atoms with Gasteiger partial charge in [-0.2, -0.15) is 4.68 Å². The van der Waals surface area contributed by atoms with Gasteiger partial charge in [-0.3, -0.25) is 0 Å². The fourth-order valence-electron chi connectivity index (χ4n) is 1.40. The molecule has 6 heteroatoms. The van der Waals surface area contributed by atoms with Crippen molar-refractivity contribution in [3.05, 3.63) is 35.1 Å². The lowest BCUT2D eigenvalue weighted by atomic mass is 10.2. The number of tetrazole rings is 1. The standard InChI is InChI=1S/C10H12ClN5/c1-7(12)6-10-13-14-15-16(10)9-4-2-8(11)3-5-9/h2-5,7H,6,12H2,1H3. The van der Waals surface area contributed by atoms with Gasteiger partial charge in [0.1, 0.15) is 0 Å². The molecular weight excluding hydrogens is 226 g/mol. The van der Waals surface area contributed by atoms with Crippen molar-refractivity contribution in [3.63, 3.8) is 0 Å². The topological polar surface area (TPSA) is 69.6 Å². The van der Waals surface area contributed by atoms with E-state index in [1.165, 1.54) is 0 Å². The Labute approximate surface area is 98.2 Å². The maximum absolute atomic E-state index is 5.82. The first kappa shape index (κ1) is 11.0. The molecule has 1 aromatic heterocycles.